The number of carbonyl (C=O) groups excluding carboxylic acids is 2. The fourth-order valence-corrected chi connectivity index (χ4v) is 6.97. The summed E-state index contributed by atoms with van der Waals surface area (Å²) in [5.74, 6) is -0.821. The number of aliphatic hydroxyl groups is 1. The molecule has 0 spiro atoms. The van der Waals surface area contributed by atoms with Crippen molar-refractivity contribution in [1.29, 1.82) is 0 Å². The van der Waals surface area contributed by atoms with Crippen LogP contribution >= 0.6 is 7.82 Å². The van der Waals surface area contributed by atoms with Crippen LogP contribution in [0.1, 0.15) is 200 Å². The second-order valence-electron chi connectivity index (χ2n) is 16.6. The van der Waals surface area contributed by atoms with Crippen LogP contribution in [0.3, 0.4) is 0 Å². The number of hydrogen-bond acceptors (Lipinski definition) is 8. The van der Waals surface area contributed by atoms with E-state index in [0.29, 0.717) is 17.4 Å². The van der Waals surface area contributed by atoms with Gasteiger partial charge in [0.05, 0.1) is 33.9 Å². The number of hydrogen-bond donors (Lipinski definition) is 2. The van der Waals surface area contributed by atoms with E-state index in [1.54, 1.807) is 0 Å². The van der Waals surface area contributed by atoms with Crippen molar-refractivity contribution in [3.05, 3.63) is 12.2 Å². The van der Waals surface area contributed by atoms with Crippen LogP contribution in [-0.2, 0) is 32.7 Å². The van der Waals surface area contributed by atoms with Gasteiger partial charge in [-0.1, -0.05) is 148 Å². The quantitative estimate of drug-likeness (QED) is 0.0204. The van der Waals surface area contributed by atoms with E-state index in [0.717, 1.165) is 77.0 Å². The monoisotopic (exact) mass is 805 g/mol. The Morgan fingerprint density at radius 1 is 0.618 bits per heavy atom. The number of esters is 2. The molecule has 1 unspecified atom stereocenters. The van der Waals surface area contributed by atoms with E-state index >= 15 is 0 Å². The number of carbonyl (C=O) groups is 2. The number of quaternary nitrogens is 1. The molecule has 0 radical (unpaired) electrons. The van der Waals surface area contributed by atoms with Gasteiger partial charge in [-0.2, -0.15) is 0 Å². The van der Waals surface area contributed by atoms with Crippen molar-refractivity contribution in [3.8, 4) is 0 Å². The molecule has 0 bridgehead atoms. The van der Waals surface area contributed by atoms with Crippen LogP contribution < -0.4 is 0 Å². The molecule has 0 rings (SSSR count). The summed E-state index contributed by atoms with van der Waals surface area (Å²) in [4.78, 5) is 35.4. The molecule has 55 heavy (non-hydrogen) atoms. The number of unbranched alkanes of at least 4 members (excludes halogenated alkanes) is 22. The van der Waals surface area contributed by atoms with Gasteiger partial charge in [-0.3, -0.25) is 18.6 Å². The first kappa shape index (κ1) is 53.7. The number of nitrogens with zero attached hydrogens (tertiary/aromatic N) is 1. The van der Waals surface area contributed by atoms with Crippen LogP contribution in [0.2, 0.25) is 0 Å². The number of likely N-dealkylation sites (N-methyl/N-ethyl adjacent to an activating group) is 1. The normalized spacial score (nSPS) is 14.2. The van der Waals surface area contributed by atoms with E-state index < -0.39 is 26.5 Å². The smallest absolute Gasteiger partial charge is 0.462 e. The Labute approximate surface area is 338 Å². The molecule has 11 heteroatoms. The standard InChI is InChI=1S/C44H86NO9P/c1-6-8-9-10-11-12-13-14-15-16-21-24-27-30-33-36-44(48)54-42(40-53-55(49,50)52-38-37-45(3,4)5)39-51-43(47)35-32-29-26-23-20-18-17-19-22-25-28-31-34-41(46)7-2/h14-15,41-42,46H,6-13,16-40H2,1-5H3/p+1/b15-14-/t41-,42-/m1/s1. The Morgan fingerprint density at radius 2 is 1.07 bits per heavy atom. The highest BCUT2D eigenvalue weighted by molar-refractivity contribution is 7.47. The Kier molecular flexibility index (Phi) is 36.1. The zero-order valence-corrected chi connectivity index (χ0v) is 37.2. The molecule has 0 aromatic carbocycles. The molecule has 0 aromatic rings. The SMILES string of the molecule is CCCCCCCC/C=C\CCCCCCCC(=O)O[C@H](COC(=O)CCCCCCCCCCCCCC[C@H](O)CC)COP(=O)(O)OCC[N+](C)(C)C. The fraction of sp³-hybridized carbons (Fsp3) is 0.909. The third-order valence-corrected chi connectivity index (χ3v) is 10.9. The van der Waals surface area contributed by atoms with Crippen LogP contribution in [0.15, 0.2) is 12.2 Å². The first-order valence-corrected chi connectivity index (χ1v) is 24.0. The summed E-state index contributed by atoms with van der Waals surface area (Å²) in [6, 6.07) is 0. The van der Waals surface area contributed by atoms with Crippen LogP contribution in [0.5, 0.6) is 0 Å². The van der Waals surface area contributed by atoms with Gasteiger partial charge >= 0.3 is 19.8 Å². The molecular formula is C44H87NO9P+. The maximum atomic E-state index is 12.7. The van der Waals surface area contributed by atoms with E-state index in [9.17, 15) is 24.2 Å². The van der Waals surface area contributed by atoms with E-state index in [-0.39, 0.29) is 38.1 Å². The van der Waals surface area contributed by atoms with Crippen LogP contribution in [0, 0.1) is 0 Å². The largest absolute Gasteiger partial charge is 0.472 e. The summed E-state index contributed by atoms with van der Waals surface area (Å²) in [7, 11) is 1.46. The average Bonchev–Trinajstić information content (AvgIpc) is 3.13. The predicted molar refractivity (Wildman–Crippen MR) is 226 cm³/mol. The van der Waals surface area contributed by atoms with Crippen LogP contribution in [-0.4, -0.2) is 86.1 Å². The fourth-order valence-electron chi connectivity index (χ4n) is 6.22. The Morgan fingerprint density at radius 3 is 1.56 bits per heavy atom. The van der Waals surface area contributed by atoms with E-state index in [1.165, 1.54) is 89.9 Å². The number of allylic oxidation sites excluding steroid dienone is 2. The molecule has 10 nitrogen and oxygen atoms in total. The van der Waals surface area contributed by atoms with Gasteiger partial charge in [0.2, 0.25) is 0 Å². The predicted octanol–water partition coefficient (Wildman–Crippen LogP) is 11.6. The van der Waals surface area contributed by atoms with Gasteiger partial charge < -0.3 is 24.0 Å². The van der Waals surface area contributed by atoms with E-state index in [1.807, 2.05) is 28.1 Å². The Balaban J connectivity index is 4.33. The minimum Gasteiger partial charge on any atom is -0.462 e. The lowest BCUT2D eigenvalue weighted by atomic mass is 10.0. The van der Waals surface area contributed by atoms with Gasteiger partial charge in [-0.15, -0.1) is 0 Å². The average molecular weight is 805 g/mol. The third-order valence-electron chi connectivity index (χ3n) is 9.95. The summed E-state index contributed by atoms with van der Waals surface area (Å²) in [5, 5.41) is 9.63. The molecule has 326 valence electrons. The topological polar surface area (TPSA) is 129 Å². The number of phosphoric ester groups is 1. The van der Waals surface area contributed by atoms with Gasteiger partial charge in [0.25, 0.3) is 0 Å². The van der Waals surface area contributed by atoms with Gasteiger partial charge in [0.15, 0.2) is 6.10 Å². The second-order valence-corrected chi connectivity index (χ2v) is 18.0. The first-order chi connectivity index (χ1) is 26.4. The zero-order valence-electron chi connectivity index (χ0n) is 36.3. The van der Waals surface area contributed by atoms with Gasteiger partial charge in [-0.25, -0.2) is 4.57 Å². The highest BCUT2D eigenvalue weighted by atomic mass is 31.2. The Hall–Kier alpha value is -1.29. The van der Waals surface area contributed by atoms with Crippen molar-refractivity contribution < 1.29 is 47.2 Å². The second kappa shape index (κ2) is 37.0. The lowest BCUT2D eigenvalue weighted by Gasteiger charge is -2.24. The van der Waals surface area contributed by atoms with Crippen LogP contribution in [0.25, 0.3) is 0 Å². The van der Waals surface area contributed by atoms with Crippen molar-refractivity contribution >= 4 is 19.8 Å². The molecule has 0 saturated heterocycles. The molecule has 0 aliphatic heterocycles. The van der Waals surface area contributed by atoms with Crippen molar-refractivity contribution in [2.75, 3.05) is 47.5 Å². The minimum atomic E-state index is -4.38. The number of ether oxygens (including phenoxy) is 2. The van der Waals surface area contributed by atoms with Gasteiger partial charge in [0, 0.05) is 12.8 Å². The maximum absolute atomic E-state index is 12.7. The highest BCUT2D eigenvalue weighted by Crippen LogP contribution is 2.43. The zero-order chi connectivity index (χ0) is 40.9. The Bertz CT molecular complexity index is 971. The maximum Gasteiger partial charge on any atom is 0.472 e. The molecule has 0 aliphatic carbocycles. The summed E-state index contributed by atoms with van der Waals surface area (Å²) in [6.45, 7) is 4.16. The molecule has 0 aliphatic rings. The van der Waals surface area contributed by atoms with Crippen LogP contribution in [0.4, 0.5) is 0 Å². The van der Waals surface area contributed by atoms with Crippen molar-refractivity contribution in [2.24, 2.45) is 0 Å². The first-order valence-electron chi connectivity index (χ1n) is 22.5. The van der Waals surface area contributed by atoms with Crippen molar-refractivity contribution in [2.45, 2.75) is 212 Å². The molecular weight excluding hydrogens is 717 g/mol. The molecule has 2 N–H and O–H groups in total. The molecule has 0 fully saturated rings. The molecule has 0 aromatic heterocycles. The summed E-state index contributed by atoms with van der Waals surface area (Å²) in [5.41, 5.74) is 0. The van der Waals surface area contributed by atoms with E-state index in [2.05, 4.69) is 19.1 Å². The van der Waals surface area contributed by atoms with Gasteiger partial charge in [-0.05, 0) is 51.4 Å². The highest BCUT2D eigenvalue weighted by Gasteiger charge is 2.27. The molecule has 3 atom stereocenters. The minimum absolute atomic E-state index is 0.0263. The molecule has 0 saturated carbocycles. The molecule has 0 heterocycles. The lowest BCUT2D eigenvalue weighted by molar-refractivity contribution is -0.870. The molecule has 0 amide bonds. The lowest BCUT2D eigenvalue weighted by Crippen LogP contribution is -2.37. The number of aliphatic hydroxyl groups excluding tert-OH is 1. The number of rotatable bonds is 41. The summed E-state index contributed by atoms with van der Waals surface area (Å²) in [6.07, 6.45) is 34.7. The van der Waals surface area contributed by atoms with Crippen molar-refractivity contribution in [1.82, 2.24) is 0 Å². The number of phosphoric acid groups is 1. The summed E-state index contributed by atoms with van der Waals surface area (Å²) < 4.78 is 34.3. The third kappa shape index (κ3) is 40.7. The summed E-state index contributed by atoms with van der Waals surface area (Å²) >= 11 is 0. The van der Waals surface area contributed by atoms with Gasteiger partial charge in [0.1, 0.15) is 19.8 Å². The van der Waals surface area contributed by atoms with E-state index in [4.69, 9.17) is 18.5 Å². The van der Waals surface area contributed by atoms with Crippen molar-refractivity contribution in [3.63, 3.8) is 0 Å².